The third kappa shape index (κ3) is 2.85. The van der Waals surface area contributed by atoms with Crippen LogP contribution in [0.5, 0.6) is 5.75 Å². The minimum Gasteiger partial charge on any atom is -0.488 e. The Labute approximate surface area is 98.6 Å². The smallest absolute Gasteiger partial charge is 0.407 e. The number of nitrogens with one attached hydrogen (secondary N) is 1. The number of hydrogen-bond acceptors (Lipinski definition) is 5. The van der Waals surface area contributed by atoms with Crippen LogP contribution >= 0.6 is 0 Å². The standard InChI is InChI=1S/C11H14N2O4/c1-7-2-3-10(9(5-14)13-7)16-6-8-4-12-11(15)17-8/h2-3,8,14H,4-6H2,1H3,(H,12,15). The molecule has 1 saturated heterocycles. The van der Waals surface area contributed by atoms with Crippen molar-refractivity contribution in [3.63, 3.8) is 0 Å². The van der Waals surface area contributed by atoms with Crippen molar-refractivity contribution in [3.8, 4) is 5.75 Å². The molecule has 1 unspecified atom stereocenters. The zero-order valence-electron chi connectivity index (χ0n) is 9.47. The number of hydrogen-bond donors (Lipinski definition) is 2. The summed E-state index contributed by atoms with van der Waals surface area (Å²) in [4.78, 5) is 14.9. The highest BCUT2D eigenvalue weighted by molar-refractivity contribution is 5.69. The van der Waals surface area contributed by atoms with Crippen LogP contribution in [0.4, 0.5) is 4.79 Å². The molecule has 0 spiro atoms. The van der Waals surface area contributed by atoms with E-state index in [2.05, 4.69) is 10.3 Å². The molecule has 17 heavy (non-hydrogen) atoms. The Hall–Kier alpha value is -1.82. The SMILES string of the molecule is Cc1ccc(OCC2CNC(=O)O2)c(CO)n1. The number of carbonyl (C=O) groups is 1. The first kappa shape index (κ1) is 11.7. The summed E-state index contributed by atoms with van der Waals surface area (Å²) in [6.45, 7) is 2.34. The molecule has 1 aliphatic heterocycles. The van der Waals surface area contributed by atoms with Gasteiger partial charge in [0.05, 0.1) is 13.2 Å². The average molecular weight is 238 g/mol. The molecule has 2 heterocycles. The van der Waals surface area contributed by atoms with Gasteiger partial charge in [-0.15, -0.1) is 0 Å². The van der Waals surface area contributed by atoms with E-state index in [1.165, 1.54) is 0 Å². The van der Waals surface area contributed by atoms with Gasteiger partial charge in [-0.3, -0.25) is 4.98 Å². The van der Waals surface area contributed by atoms with E-state index in [-0.39, 0.29) is 19.3 Å². The number of aliphatic hydroxyl groups is 1. The number of aromatic nitrogens is 1. The minimum atomic E-state index is -0.428. The van der Waals surface area contributed by atoms with E-state index >= 15 is 0 Å². The van der Waals surface area contributed by atoms with Crippen LogP contribution in [-0.2, 0) is 11.3 Å². The van der Waals surface area contributed by atoms with E-state index in [0.717, 1.165) is 5.69 Å². The van der Waals surface area contributed by atoms with E-state index in [1.807, 2.05) is 6.92 Å². The van der Waals surface area contributed by atoms with Crippen molar-refractivity contribution in [1.29, 1.82) is 0 Å². The number of amides is 1. The van der Waals surface area contributed by atoms with Crippen LogP contribution in [-0.4, -0.2) is 35.4 Å². The van der Waals surface area contributed by atoms with Crippen molar-refractivity contribution in [1.82, 2.24) is 10.3 Å². The van der Waals surface area contributed by atoms with Gasteiger partial charge in [-0.2, -0.15) is 0 Å². The molecule has 1 aromatic heterocycles. The molecule has 0 aliphatic carbocycles. The molecule has 92 valence electrons. The number of pyridine rings is 1. The van der Waals surface area contributed by atoms with Crippen molar-refractivity contribution < 1.29 is 19.4 Å². The van der Waals surface area contributed by atoms with Crippen LogP contribution in [0.2, 0.25) is 0 Å². The van der Waals surface area contributed by atoms with E-state index < -0.39 is 6.09 Å². The zero-order chi connectivity index (χ0) is 12.3. The third-order valence-corrected chi connectivity index (χ3v) is 2.39. The van der Waals surface area contributed by atoms with Gasteiger partial charge in [-0.25, -0.2) is 4.79 Å². The largest absolute Gasteiger partial charge is 0.488 e. The average Bonchev–Trinajstić information content (AvgIpc) is 2.73. The molecular weight excluding hydrogens is 224 g/mol. The van der Waals surface area contributed by atoms with E-state index in [1.54, 1.807) is 12.1 Å². The Morgan fingerprint density at radius 3 is 3.12 bits per heavy atom. The number of carbonyl (C=O) groups excluding carboxylic acids is 1. The Balaban J connectivity index is 1.96. The number of alkyl carbamates (subject to hydrolysis) is 1. The predicted octanol–water partition coefficient (Wildman–Crippen LogP) is 0.370. The first-order chi connectivity index (χ1) is 8.19. The molecule has 2 rings (SSSR count). The fourth-order valence-corrected chi connectivity index (χ4v) is 1.55. The maximum atomic E-state index is 10.8. The first-order valence-electron chi connectivity index (χ1n) is 5.33. The highest BCUT2D eigenvalue weighted by atomic mass is 16.6. The highest BCUT2D eigenvalue weighted by Crippen LogP contribution is 2.17. The molecule has 1 fully saturated rings. The summed E-state index contributed by atoms with van der Waals surface area (Å²) in [5.74, 6) is 0.515. The van der Waals surface area contributed by atoms with Gasteiger partial charge in [0.2, 0.25) is 0 Å². The highest BCUT2D eigenvalue weighted by Gasteiger charge is 2.23. The molecule has 6 heteroatoms. The quantitative estimate of drug-likeness (QED) is 0.792. The Morgan fingerprint density at radius 1 is 1.65 bits per heavy atom. The van der Waals surface area contributed by atoms with E-state index in [4.69, 9.17) is 14.6 Å². The third-order valence-electron chi connectivity index (χ3n) is 2.39. The first-order valence-corrected chi connectivity index (χ1v) is 5.33. The maximum Gasteiger partial charge on any atom is 0.407 e. The van der Waals surface area contributed by atoms with Gasteiger partial charge in [0.1, 0.15) is 18.1 Å². The molecule has 1 amide bonds. The second-order valence-corrected chi connectivity index (χ2v) is 3.77. The molecule has 1 aliphatic rings. The summed E-state index contributed by atoms with van der Waals surface area (Å²) in [7, 11) is 0. The molecule has 0 bridgehead atoms. The van der Waals surface area contributed by atoms with Crippen LogP contribution in [0.1, 0.15) is 11.4 Å². The van der Waals surface area contributed by atoms with Gasteiger partial charge in [0, 0.05) is 5.69 Å². The maximum absolute atomic E-state index is 10.8. The molecule has 0 radical (unpaired) electrons. The van der Waals surface area contributed by atoms with Gasteiger partial charge < -0.3 is 19.9 Å². The fraction of sp³-hybridized carbons (Fsp3) is 0.455. The number of rotatable bonds is 4. The second kappa shape index (κ2) is 5.01. The molecule has 6 nitrogen and oxygen atoms in total. The molecule has 0 aromatic carbocycles. The number of cyclic esters (lactones) is 1. The van der Waals surface area contributed by atoms with Crippen molar-refractivity contribution in [2.45, 2.75) is 19.6 Å². The summed E-state index contributed by atoms with van der Waals surface area (Å²) in [6, 6.07) is 3.55. The van der Waals surface area contributed by atoms with E-state index in [0.29, 0.717) is 18.0 Å². The monoisotopic (exact) mass is 238 g/mol. The minimum absolute atomic E-state index is 0.181. The lowest BCUT2D eigenvalue weighted by atomic mass is 10.3. The molecule has 0 saturated carbocycles. The van der Waals surface area contributed by atoms with Crippen molar-refractivity contribution >= 4 is 6.09 Å². The number of aryl methyl sites for hydroxylation is 1. The van der Waals surface area contributed by atoms with Gasteiger partial charge in [0.15, 0.2) is 6.10 Å². The lowest BCUT2D eigenvalue weighted by Gasteiger charge is -2.12. The normalized spacial score (nSPS) is 18.7. The van der Waals surface area contributed by atoms with Gasteiger partial charge in [-0.05, 0) is 19.1 Å². The molecular formula is C11H14N2O4. The molecule has 1 atom stereocenters. The summed E-state index contributed by atoms with van der Waals surface area (Å²) < 4.78 is 10.4. The lowest BCUT2D eigenvalue weighted by Crippen LogP contribution is -2.22. The van der Waals surface area contributed by atoms with Crippen LogP contribution in [0.25, 0.3) is 0 Å². The summed E-state index contributed by atoms with van der Waals surface area (Å²) in [5.41, 5.74) is 1.30. The van der Waals surface area contributed by atoms with Crippen molar-refractivity contribution in [2.75, 3.05) is 13.2 Å². The zero-order valence-corrected chi connectivity index (χ0v) is 9.47. The number of nitrogens with zero attached hydrogens (tertiary/aromatic N) is 1. The summed E-state index contributed by atoms with van der Waals surface area (Å²) in [6.07, 6.45) is -0.724. The van der Waals surface area contributed by atoms with Crippen LogP contribution in [0.15, 0.2) is 12.1 Å². The molecule has 2 N–H and O–H groups in total. The number of ether oxygens (including phenoxy) is 2. The second-order valence-electron chi connectivity index (χ2n) is 3.77. The van der Waals surface area contributed by atoms with E-state index in [9.17, 15) is 4.79 Å². The lowest BCUT2D eigenvalue weighted by molar-refractivity contribution is 0.103. The Kier molecular flexibility index (Phi) is 3.43. The fourth-order valence-electron chi connectivity index (χ4n) is 1.55. The summed E-state index contributed by atoms with van der Waals surface area (Å²) in [5, 5.41) is 11.7. The predicted molar refractivity (Wildman–Crippen MR) is 58.7 cm³/mol. The van der Waals surface area contributed by atoms with Gasteiger partial charge in [0.25, 0.3) is 0 Å². The van der Waals surface area contributed by atoms with Crippen LogP contribution < -0.4 is 10.1 Å². The Morgan fingerprint density at radius 2 is 2.47 bits per heavy atom. The van der Waals surface area contributed by atoms with Crippen LogP contribution in [0, 0.1) is 6.92 Å². The number of aliphatic hydroxyl groups excluding tert-OH is 1. The van der Waals surface area contributed by atoms with Crippen LogP contribution in [0.3, 0.4) is 0 Å². The van der Waals surface area contributed by atoms with Gasteiger partial charge in [-0.1, -0.05) is 0 Å². The topological polar surface area (TPSA) is 80.7 Å². The Bertz CT molecular complexity index is 422. The van der Waals surface area contributed by atoms with Crippen molar-refractivity contribution in [3.05, 3.63) is 23.5 Å². The molecule has 1 aromatic rings. The van der Waals surface area contributed by atoms with Gasteiger partial charge >= 0.3 is 6.09 Å². The van der Waals surface area contributed by atoms with Crippen molar-refractivity contribution in [2.24, 2.45) is 0 Å². The summed E-state index contributed by atoms with van der Waals surface area (Å²) >= 11 is 0.